The lowest BCUT2D eigenvalue weighted by atomic mass is 9.86. The average molecular weight is 402 g/mol. The van der Waals surface area contributed by atoms with E-state index in [1.54, 1.807) is 12.1 Å². The minimum atomic E-state index is -0.0819. The molecule has 160 valence electrons. The lowest BCUT2D eigenvalue weighted by Crippen LogP contribution is -2.43. The fourth-order valence-corrected chi connectivity index (χ4v) is 3.62. The number of hydrogen-bond acceptors (Lipinski definition) is 6. The second-order valence-electron chi connectivity index (χ2n) is 8.80. The van der Waals surface area contributed by atoms with Crippen molar-refractivity contribution in [3.05, 3.63) is 35.7 Å². The molecule has 2 N–H and O–H groups in total. The summed E-state index contributed by atoms with van der Waals surface area (Å²) >= 11 is 0. The highest BCUT2D eigenvalue weighted by atomic mass is 16.5. The normalized spacial score (nSPS) is 15.6. The standard InChI is InChI=1S/C22H35N5O2/c1-22(2,3)20-16-19(28)7-8-21(20)29-15-4-6-18-17-27(25-24-18)12-5-11-26-13-9-23-10-14-26/h7-8,16-17,23,28H,4-6,9-15H2,1-3H3. The molecule has 0 amide bonds. The molecule has 7 heteroatoms. The third-order valence-corrected chi connectivity index (χ3v) is 5.26. The number of ether oxygens (including phenoxy) is 1. The van der Waals surface area contributed by atoms with Crippen molar-refractivity contribution in [2.24, 2.45) is 0 Å². The number of phenols is 1. The Hall–Kier alpha value is -2.12. The molecule has 0 bridgehead atoms. The van der Waals surface area contributed by atoms with Crippen LogP contribution >= 0.6 is 0 Å². The minimum absolute atomic E-state index is 0.0819. The van der Waals surface area contributed by atoms with E-state index in [-0.39, 0.29) is 11.2 Å². The van der Waals surface area contributed by atoms with Gasteiger partial charge in [-0.3, -0.25) is 4.68 Å². The average Bonchev–Trinajstić information content (AvgIpc) is 3.14. The van der Waals surface area contributed by atoms with Crippen LogP contribution in [0.2, 0.25) is 0 Å². The molecule has 1 saturated heterocycles. The summed E-state index contributed by atoms with van der Waals surface area (Å²) < 4.78 is 7.96. The van der Waals surface area contributed by atoms with Gasteiger partial charge in [0.15, 0.2) is 0 Å². The molecule has 7 nitrogen and oxygen atoms in total. The predicted molar refractivity (Wildman–Crippen MR) is 115 cm³/mol. The van der Waals surface area contributed by atoms with E-state index < -0.39 is 0 Å². The molecule has 1 aromatic heterocycles. The maximum absolute atomic E-state index is 9.78. The SMILES string of the molecule is CC(C)(C)c1cc(O)ccc1OCCCc1cn(CCCN2CCNCC2)nn1. The van der Waals surface area contributed by atoms with Crippen LogP contribution in [0.4, 0.5) is 0 Å². The summed E-state index contributed by atoms with van der Waals surface area (Å²) in [7, 11) is 0. The third-order valence-electron chi connectivity index (χ3n) is 5.26. The largest absolute Gasteiger partial charge is 0.508 e. The number of nitrogens with one attached hydrogen (secondary N) is 1. The lowest BCUT2D eigenvalue weighted by Gasteiger charge is -2.26. The minimum Gasteiger partial charge on any atom is -0.508 e. The first kappa shape index (κ1) is 21.6. The first-order valence-electron chi connectivity index (χ1n) is 10.7. The van der Waals surface area contributed by atoms with E-state index in [1.807, 2.05) is 10.7 Å². The Morgan fingerprint density at radius 1 is 1.14 bits per heavy atom. The highest BCUT2D eigenvalue weighted by Crippen LogP contribution is 2.34. The molecule has 2 aromatic rings. The smallest absolute Gasteiger partial charge is 0.123 e. The zero-order chi connectivity index (χ0) is 20.7. The number of aromatic hydroxyl groups is 1. The number of nitrogens with zero attached hydrogens (tertiary/aromatic N) is 4. The van der Waals surface area contributed by atoms with Crippen molar-refractivity contribution in [1.82, 2.24) is 25.2 Å². The van der Waals surface area contributed by atoms with Crippen LogP contribution in [0.15, 0.2) is 24.4 Å². The zero-order valence-electron chi connectivity index (χ0n) is 18.0. The van der Waals surface area contributed by atoms with Gasteiger partial charge in [0.05, 0.1) is 12.3 Å². The van der Waals surface area contributed by atoms with E-state index in [0.29, 0.717) is 6.61 Å². The van der Waals surface area contributed by atoms with Crippen LogP contribution < -0.4 is 10.1 Å². The molecule has 29 heavy (non-hydrogen) atoms. The number of aromatic nitrogens is 3. The van der Waals surface area contributed by atoms with E-state index in [9.17, 15) is 5.11 Å². The van der Waals surface area contributed by atoms with Gasteiger partial charge in [-0.15, -0.1) is 5.10 Å². The Bertz CT molecular complexity index is 763. The molecule has 0 radical (unpaired) electrons. The maximum Gasteiger partial charge on any atom is 0.123 e. The lowest BCUT2D eigenvalue weighted by molar-refractivity contribution is 0.233. The fourth-order valence-electron chi connectivity index (χ4n) is 3.62. The molecule has 1 aliphatic rings. The topological polar surface area (TPSA) is 75.4 Å². The van der Waals surface area contributed by atoms with Crippen LogP contribution in [0.1, 0.15) is 44.9 Å². The fraction of sp³-hybridized carbons (Fsp3) is 0.636. The molecule has 0 atom stereocenters. The molecule has 0 unspecified atom stereocenters. The third kappa shape index (κ3) is 6.72. The van der Waals surface area contributed by atoms with Crippen LogP contribution in [0.5, 0.6) is 11.5 Å². The van der Waals surface area contributed by atoms with Gasteiger partial charge in [0, 0.05) is 51.0 Å². The molecule has 0 aliphatic carbocycles. The van der Waals surface area contributed by atoms with Gasteiger partial charge in [-0.25, -0.2) is 0 Å². The Kier molecular flexibility index (Phi) is 7.50. The van der Waals surface area contributed by atoms with Crippen molar-refractivity contribution < 1.29 is 9.84 Å². The molecule has 0 spiro atoms. The quantitative estimate of drug-likeness (QED) is 0.629. The maximum atomic E-state index is 9.78. The molecule has 1 aromatic carbocycles. The van der Waals surface area contributed by atoms with Crippen molar-refractivity contribution in [2.45, 2.75) is 52.0 Å². The van der Waals surface area contributed by atoms with Crippen molar-refractivity contribution in [1.29, 1.82) is 0 Å². The number of hydrogen-bond donors (Lipinski definition) is 2. The van der Waals surface area contributed by atoms with Crippen molar-refractivity contribution in [2.75, 3.05) is 39.3 Å². The van der Waals surface area contributed by atoms with Crippen LogP contribution in [0.3, 0.4) is 0 Å². The van der Waals surface area contributed by atoms with Crippen LogP contribution in [0.25, 0.3) is 0 Å². The first-order chi connectivity index (χ1) is 13.9. The summed E-state index contributed by atoms with van der Waals surface area (Å²) in [6.07, 6.45) is 4.88. The van der Waals surface area contributed by atoms with Crippen LogP contribution in [-0.2, 0) is 18.4 Å². The Labute approximate surface area is 174 Å². The number of piperazine rings is 1. The highest BCUT2D eigenvalue weighted by molar-refractivity contribution is 5.43. The second kappa shape index (κ2) is 10.1. The van der Waals surface area contributed by atoms with Crippen LogP contribution in [-0.4, -0.2) is 64.3 Å². The van der Waals surface area contributed by atoms with Gasteiger partial charge in [0.2, 0.25) is 0 Å². The number of rotatable bonds is 9. The van der Waals surface area contributed by atoms with Gasteiger partial charge in [0.25, 0.3) is 0 Å². The van der Waals surface area contributed by atoms with Gasteiger partial charge in [-0.1, -0.05) is 26.0 Å². The van der Waals surface area contributed by atoms with Gasteiger partial charge >= 0.3 is 0 Å². The first-order valence-corrected chi connectivity index (χ1v) is 10.7. The van der Waals surface area contributed by atoms with Crippen molar-refractivity contribution in [3.8, 4) is 11.5 Å². The van der Waals surface area contributed by atoms with Gasteiger partial charge in [0.1, 0.15) is 11.5 Å². The van der Waals surface area contributed by atoms with Crippen molar-refractivity contribution in [3.63, 3.8) is 0 Å². The van der Waals surface area contributed by atoms with Gasteiger partial charge in [-0.2, -0.15) is 0 Å². The molecule has 3 rings (SSSR count). The predicted octanol–water partition coefficient (Wildman–Crippen LogP) is 2.59. The molecule has 0 saturated carbocycles. The van der Waals surface area contributed by atoms with E-state index in [0.717, 1.165) is 75.5 Å². The van der Waals surface area contributed by atoms with E-state index in [4.69, 9.17) is 4.74 Å². The summed E-state index contributed by atoms with van der Waals surface area (Å²) in [6.45, 7) is 13.5. The summed E-state index contributed by atoms with van der Waals surface area (Å²) in [5, 5.41) is 21.7. The summed E-state index contributed by atoms with van der Waals surface area (Å²) in [4.78, 5) is 2.50. The van der Waals surface area contributed by atoms with Gasteiger partial charge in [-0.05, 0) is 42.9 Å². The molecule has 1 fully saturated rings. The second-order valence-corrected chi connectivity index (χ2v) is 8.80. The number of benzene rings is 1. The zero-order valence-corrected chi connectivity index (χ0v) is 18.0. The number of phenolic OH excluding ortho intramolecular Hbond substituents is 1. The summed E-state index contributed by atoms with van der Waals surface area (Å²) in [6, 6.07) is 5.32. The Morgan fingerprint density at radius 2 is 1.93 bits per heavy atom. The number of aryl methyl sites for hydroxylation is 2. The summed E-state index contributed by atoms with van der Waals surface area (Å²) in [5.41, 5.74) is 1.95. The summed E-state index contributed by atoms with van der Waals surface area (Å²) in [5.74, 6) is 1.11. The van der Waals surface area contributed by atoms with E-state index in [1.165, 1.54) is 0 Å². The van der Waals surface area contributed by atoms with Gasteiger partial charge < -0.3 is 20.1 Å². The van der Waals surface area contributed by atoms with E-state index >= 15 is 0 Å². The van der Waals surface area contributed by atoms with Crippen LogP contribution in [0, 0.1) is 0 Å². The molecular weight excluding hydrogens is 366 g/mol. The monoisotopic (exact) mass is 401 g/mol. The highest BCUT2D eigenvalue weighted by Gasteiger charge is 2.19. The Balaban J connectivity index is 1.39. The van der Waals surface area contributed by atoms with Crippen molar-refractivity contribution >= 4 is 0 Å². The van der Waals surface area contributed by atoms with E-state index in [2.05, 4.69) is 47.5 Å². The molecule has 2 heterocycles. The molecule has 1 aliphatic heterocycles. The Morgan fingerprint density at radius 3 is 2.69 bits per heavy atom. The molecular formula is C22H35N5O2.